The minimum absolute atomic E-state index is 0.0769. The molecule has 270 valence electrons. The van der Waals surface area contributed by atoms with Crippen LogP contribution in [0.1, 0.15) is 42.4 Å². The zero-order chi connectivity index (χ0) is 36.5. The molecule has 0 saturated carbocycles. The van der Waals surface area contributed by atoms with E-state index in [4.69, 9.17) is 34.7 Å². The molecule has 0 bridgehead atoms. The highest BCUT2D eigenvalue weighted by Gasteiger charge is 2.34. The predicted molar refractivity (Wildman–Crippen MR) is 199 cm³/mol. The largest absolute Gasteiger partial charge is 0.361 e. The number of Topliss-reactive ketones (excluding diaryl/α,β-unsaturated/α-hetero) is 1. The zero-order valence-corrected chi connectivity index (χ0v) is 30.5. The first kappa shape index (κ1) is 38.1. The fourth-order valence-electron chi connectivity index (χ4n) is 6.23. The Bertz CT molecular complexity index is 1890. The van der Waals surface area contributed by atoms with E-state index in [9.17, 15) is 19.2 Å². The molecule has 0 spiro atoms. The lowest BCUT2D eigenvalue weighted by molar-refractivity contribution is -0.143. The Kier molecular flexibility index (Phi) is 13.4. The van der Waals surface area contributed by atoms with Gasteiger partial charge in [-0.2, -0.15) is 0 Å². The fraction of sp³-hybridized carbons (Fsp3) is 0.361. The van der Waals surface area contributed by atoms with Crippen LogP contribution in [0.25, 0.3) is 10.9 Å². The summed E-state index contributed by atoms with van der Waals surface area (Å²) in [7, 11) is 1.60. The number of carbonyl (C=O) groups is 4. The van der Waals surface area contributed by atoms with E-state index in [1.54, 1.807) is 31.4 Å². The van der Waals surface area contributed by atoms with Crippen LogP contribution >= 0.6 is 35.0 Å². The van der Waals surface area contributed by atoms with Gasteiger partial charge in [0.2, 0.25) is 11.8 Å². The van der Waals surface area contributed by atoms with Crippen molar-refractivity contribution in [3.63, 3.8) is 0 Å². The molecule has 3 heterocycles. The lowest BCUT2D eigenvalue weighted by atomic mass is 9.91. The van der Waals surface area contributed by atoms with Crippen molar-refractivity contribution in [2.24, 2.45) is 17.4 Å². The number of carbonyl (C=O) groups excluding carboxylic acids is 4. The molecule has 15 heteroatoms. The van der Waals surface area contributed by atoms with E-state index in [2.05, 4.69) is 25.9 Å². The number of pyridine rings is 1. The number of aromatic nitrogens is 2. The second-order valence-electron chi connectivity index (χ2n) is 12.5. The molecular weight excluding hydrogens is 711 g/mol. The van der Waals surface area contributed by atoms with Crippen molar-refractivity contribution in [3.8, 4) is 0 Å². The number of benzene rings is 2. The molecule has 4 amide bonds. The number of para-hydroxylation sites is 1. The first-order valence-corrected chi connectivity index (χ1v) is 18.3. The zero-order valence-electron chi connectivity index (χ0n) is 28.2. The molecule has 1 aliphatic rings. The van der Waals surface area contributed by atoms with Crippen molar-refractivity contribution in [1.82, 2.24) is 30.8 Å². The number of amides is 4. The van der Waals surface area contributed by atoms with Gasteiger partial charge in [0, 0.05) is 78.7 Å². The van der Waals surface area contributed by atoms with Crippen LogP contribution < -0.4 is 27.4 Å². The molecule has 2 aromatic carbocycles. The summed E-state index contributed by atoms with van der Waals surface area (Å²) in [6, 6.07) is 12.2. The average molecular weight is 754 g/mol. The normalized spacial score (nSPS) is 19.3. The number of hydrogen-bond donors (Lipinski definition) is 6. The average Bonchev–Trinajstić information content (AvgIpc) is 3.52. The monoisotopic (exact) mass is 752 g/mol. The van der Waals surface area contributed by atoms with Gasteiger partial charge in [0.05, 0.1) is 11.1 Å². The Labute approximate surface area is 310 Å². The highest BCUT2D eigenvalue weighted by Crippen LogP contribution is 2.38. The summed E-state index contributed by atoms with van der Waals surface area (Å²) in [5.74, 6) is -1.76. The summed E-state index contributed by atoms with van der Waals surface area (Å²) in [5, 5.41) is 11.2. The maximum absolute atomic E-state index is 14.4. The first-order chi connectivity index (χ1) is 24.5. The number of nitrogens with two attached hydrogens (primary N) is 2. The highest BCUT2D eigenvalue weighted by molar-refractivity contribution is 7.99. The number of unbranched alkanes of at least 4 members (excludes halogenated alkanes) is 1. The number of nitrogens with zero attached hydrogens (tertiary/aromatic N) is 2. The minimum atomic E-state index is -0.932. The van der Waals surface area contributed by atoms with Crippen molar-refractivity contribution in [2.75, 3.05) is 20.1 Å². The fourth-order valence-corrected chi connectivity index (χ4v) is 7.88. The summed E-state index contributed by atoms with van der Waals surface area (Å²) < 4.78 is 0. The van der Waals surface area contributed by atoms with Gasteiger partial charge >= 0.3 is 6.03 Å². The van der Waals surface area contributed by atoms with Crippen molar-refractivity contribution in [2.45, 2.75) is 67.2 Å². The number of H-pyrrole nitrogens is 1. The van der Waals surface area contributed by atoms with Crippen LogP contribution in [-0.4, -0.2) is 70.7 Å². The number of nitrogens with one attached hydrogen (secondary N) is 4. The first-order valence-electron chi connectivity index (χ1n) is 16.7. The number of hydrogen-bond acceptors (Lipinski definition) is 8. The number of likely N-dealkylation sites (N-methyl/N-ethyl adjacent to an activating group) is 1. The second kappa shape index (κ2) is 17.9. The summed E-state index contributed by atoms with van der Waals surface area (Å²) in [6.07, 6.45) is 5.25. The molecule has 0 saturated heterocycles. The van der Waals surface area contributed by atoms with E-state index in [0.29, 0.717) is 51.3 Å². The van der Waals surface area contributed by atoms with Crippen LogP contribution in [0.5, 0.6) is 0 Å². The van der Waals surface area contributed by atoms with Crippen LogP contribution in [0.4, 0.5) is 4.79 Å². The summed E-state index contributed by atoms with van der Waals surface area (Å²) in [6.45, 7) is 0.634. The van der Waals surface area contributed by atoms with Crippen molar-refractivity contribution >= 4 is 69.5 Å². The minimum Gasteiger partial charge on any atom is -0.361 e. The molecule has 0 fully saturated rings. The number of halogens is 2. The van der Waals surface area contributed by atoms with Gasteiger partial charge in [-0.3, -0.25) is 14.4 Å². The molecule has 0 radical (unpaired) electrons. The van der Waals surface area contributed by atoms with Gasteiger partial charge in [0.1, 0.15) is 11.1 Å². The van der Waals surface area contributed by atoms with E-state index in [1.165, 1.54) is 16.7 Å². The maximum Gasteiger partial charge on any atom is 0.312 e. The van der Waals surface area contributed by atoms with Crippen LogP contribution in [0.3, 0.4) is 0 Å². The van der Waals surface area contributed by atoms with E-state index in [-0.39, 0.29) is 50.1 Å². The number of ketones is 1. The van der Waals surface area contributed by atoms with Gasteiger partial charge in [-0.15, -0.1) is 0 Å². The van der Waals surface area contributed by atoms with Gasteiger partial charge in [-0.05, 0) is 60.3 Å². The van der Waals surface area contributed by atoms with Gasteiger partial charge in [0.25, 0.3) is 0 Å². The number of aromatic amines is 1. The van der Waals surface area contributed by atoms with E-state index >= 15 is 0 Å². The molecule has 0 aliphatic carbocycles. The van der Waals surface area contributed by atoms with Gasteiger partial charge < -0.3 is 37.3 Å². The Morgan fingerprint density at radius 2 is 1.88 bits per heavy atom. The molecule has 12 nitrogen and oxygen atoms in total. The van der Waals surface area contributed by atoms with E-state index in [1.807, 2.05) is 36.5 Å². The maximum atomic E-state index is 14.4. The van der Waals surface area contributed by atoms with Gasteiger partial charge in [0.15, 0.2) is 5.78 Å². The summed E-state index contributed by atoms with van der Waals surface area (Å²) in [4.78, 5) is 64.3. The molecule has 5 rings (SSSR count). The van der Waals surface area contributed by atoms with Crippen LogP contribution in [0.15, 0.2) is 70.8 Å². The smallest absolute Gasteiger partial charge is 0.312 e. The van der Waals surface area contributed by atoms with Crippen LogP contribution in [0, 0.1) is 5.92 Å². The Hall–Kier alpha value is -4.14. The third-order valence-corrected chi connectivity index (χ3v) is 10.9. The number of rotatable bonds is 8. The Morgan fingerprint density at radius 3 is 2.67 bits per heavy atom. The molecule has 0 unspecified atom stereocenters. The number of fused-ring (bicyclic) bond motifs is 3. The quantitative estimate of drug-likeness (QED) is 0.141. The predicted octanol–water partition coefficient (Wildman–Crippen LogP) is 4.55. The lowest BCUT2D eigenvalue weighted by Gasteiger charge is -2.31. The van der Waals surface area contributed by atoms with Crippen LogP contribution in [0.2, 0.25) is 10.0 Å². The topological polar surface area (TPSA) is 188 Å². The number of primary amides is 1. The molecule has 3 atom stereocenters. The van der Waals surface area contributed by atoms with Crippen molar-refractivity contribution in [1.29, 1.82) is 0 Å². The van der Waals surface area contributed by atoms with Crippen molar-refractivity contribution < 1.29 is 19.2 Å². The van der Waals surface area contributed by atoms with Crippen molar-refractivity contribution in [3.05, 3.63) is 87.7 Å². The molecule has 4 aromatic rings. The lowest BCUT2D eigenvalue weighted by Crippen LogP contribution is -2.51. The SMILES string of the molecule is CN1C(=O)[C@H](CCCCN)CC(=O)[C@H](CNC(N)=O)NCc2cccnc2Sc2c(Cl)cc(Cl)cc2CNC(=O)[C@@H]1Cc1c[nH]c2ccccc12. The summed E-state index contributed by atoms with van der Waals surface area (Å²) in [5.41, 5.74) is 14.4. The Morgan fingerprint density at radius 1 is 1.08 bits per heavy atom. The van der Waals surface area contributed by atoms with E-state index in [0.717, 1.165) is 22.0 Å². The third kappa shape index (κ3) is 9.80. The third-order valence-electron chi connectivity index (χ3n) is 9.00. The molecule has 1 aliphatic heterocycles. The van der Waals surface area contributed by atoms with Crippen LogP contribution in [-0.2, 0) is 33.9 Å². The highest BCUT2D eigenvalue weighted by atomic mass is 35.5. The van der Waals surface area contributed by atoms with Gasteiger partial charge in [-0.25, -0.2) is 9.78 Å². The van der Waals surface area contributed by atoms with Gasteiger partial charge in [-0.1, -0.05) is 65.7 Å². The van der Waals surface area contributed by atoms with E-state index < -0.39 is 24.0 Å². The summed E-state index contributed by atoms with van der Waals surface area (Å²) >= 11 is 14.5. The second-order valence-corrected chi connectivity index (χ2v) is 14.4. The number of urea groups is 1. The molecule has 51 heavy (non-hydrogen) atoms. The standard InChI is InChI=1S/C36H42Cl2N8O4S/c1-46-30(14-23-18-42-28-10-3-2-9-26(23)28)33(48)44-19-24-13-25(37)16-27(38)32(24)51-34-22(8-6-12-41-34)17-43-29(20-45-36(40)50)31(47)15-21(35(46)49)7-4-5-11-39/h2-3,6,8-10,12-13,16,18,21,29-30,42-43H,4-5,7,11,14-15,17,19-20,39H2,1H3,(H,44,48)(H3,40,45,50)/t21-,29+,30+/m1/s1. The Balaban J connectivity index is 1.58. The molecule has 8 N–H and O–H groups in total. The molecule has 2 aromatic heterocycles. The molecular formula is C36H42Cl2N8O4S.